The van der Waals surface area contributed by atoms with Crippen LogP contribution in [0.25, 0.3) is 5.57 Å². The van der Waals surface area contributed by atoms with Gasteiger partial charge in [0.2, 0.25) is 12.7 Å². The van der Waals surface area contributed by atoms with Crippen molar-refractivity contribution in [2.75, 3.05) is 13.4 Å². The van der Waals surface area contributed by atoms with Gasteiger partial charge in [-0.25, -0.2) is 0 Å². The maximum absolute atomic E-state index is 13.0. The molecule has 2 amide bonds. The first-order chi connectivity index (χ1) is 12.1. The predicted molar refractivity (Wildman–Crippen MR) is 83.7 cm³/mol. The maximum Gasteiger partial charge on any atom is 0.312 e. The summed E-state index contributed by atoms with van der Waals surface area (Å²) in [6.45, 7) is 2.07. The third-order valence-corrected chi connectivity index (χ3v) is 5.35. The van der Waals surface area contributed by atoms with Crippen LogP contribution in [0.3, 0.4) is 0 Å². The number of esters is 1. The summed E-state index contributed by atoms with van der Waals surface area (Å²) in [7, 11) is 0. The average Bonchev–Trinajstić information content (AvgIpc) is 3.14. The molecule has 3 aliphatic heterocycles. The minimum absolute atomic E-state index is 0.102. The van der Waals surface area contributed by atoms with Gasteiger partial charge < -0.3 is 14.2 Å². The number of carbonyl (C=O) groups is 3. The largest absolute Gasteiger partial charge is 0.466 e. The van der Waals surface area contributed by atoms with E-state index in [1.807, 2.05) is 6.08 Å². The van der Waals surface area contributed by atoms with Crippen LogP contribution >= 0.6 is 0 Å². The molecule has 2 bridgehead atoms. The third kappa shape index (κ3) is 1.72. The Hall–Kier alpha value is -2.83. The lowest BCUT2D eigenvalue weighted by molar-refractivity contribution is -0.150. The molecule has 0 N–H and O–H groups in total. The van der Waals surface area contributed by atoms with E-state index in [1.165, 1.54) is 4.90 Å². The molecule has 1 fully saturated rings. The summed E-state index contributed by atoms with van der Waals surface area (Å²) in [5, 5.41) is 0. The number of allylic oxidation sites excluding steroid dienone is 1. The van der Waals surface area contributed by atoms with Gasteiger partial charge in [-0.3, -0.25) is 19.3 Å². The van der Waals surface area contributed by atoms with E-state index in [4.69, 9.17) is 14.2 Å². The molecule has 0 radical (unpaired) electrons. The zero-order chi connectivity index (χ0) is 17.3. The minimum Gasteiger partial charge on any atom is -0.466 e. The monoisotopic (exact) mass is 341 g/mol. The number of nitrogens with zero attached hydrogens (tertiary/aromatic N) is 1. The Morgan fingerprint density at radius 2 is 1.96 bits per heavy atom. The number of amides is 2. The summed E-state index contributed by atoms with van der Waals surface area (Å²) >= 11 is 0. The van der Waals surface area contributed by atoms with Crippen molar-refractivity contribution in [2.24, 2.45) is 11.8 Å². The lowest BCUT2D eigenvalue weighted by atomic mass is 9.75. The minimum atomic E-state index is -0.644. The van der Waals surface area contributed by atoms with E-state index in [0.717, 1.165) is 5.57 Å². The Morgan fingerprint density at radius 1 is 1.24 bits per heavy atom. The molecule has 0 saturated carbocycles. The van der Waals surface area contributed by atoms with Crippen LogP contribution in [-0.4, -0.2) is 42.1 Å². The van der Waals surface area contributed by atoms with Gasteiger partial charge in [0, 0.05) is 0 Å². The molecule has 0 aromatic heterocycles. The molecule has 3 heterocycles. The second-order valence-corrected chi connectivity index (χ2v) is 6.49. The summed E-state index contributed by atoms with van der Waals surface area (Å²) < 4.78 is 15.9. The van der Waals surface area contributed by atoms with Gasteiger partial charge in [-0.2, -0.15) is 0 Å². The van der Waals surface area contributed by atoms with E-state index in [2.05, 4.69) is 0 Å². The van der Waals surface area contributed by atoms with Crippen LogP contribution in [0, 0.1) is 11.8 Å². The lowest BCUT2D eigenvalue weighted by Gasteiger charge is -2.35. The van der Waals surface area contributed by atoms with E-state index in [-0.39, 0.29) is 25.2 Å². The highest BCUT2D eigenvalue weighted by atomic mass is 16.7. The van der Waals surface area contributed by atoms with Crippen molar-refractivity contribution in [3.63, 3.8) is 0 Å². The second-order valence-electron chi connectivity index (χ2n) is 6.49. The number of fused-ring (bicyclic) bond motifs is 4. The molecule has 7 heteroatoms. The fourth-order valence-electron chi connectivity index (χ4n) is 4.32. The molecule has 1 aromatic rings. The quantitative estimate of drug-likeness (QED) is 0.597. The molecule has 4 aliphatic rings. The number of ether oxygens (including phenoxy) is 3. The fraction of sp³-hybridized carbons (Fsp3) is 0.389. The van der Waals surface area contributed by atoms with Crippen LogP contribution in [0.2, 0.25) is 0 Å². The summed E-state index contributed by atoms with van der Waals surface area (Å²) in [5.41, 5.74) is 1.93. The van der Waals surface area contributed by atoms with Crippen LogP contribution in [0.4, 0.5) is 0 Å². The maximum atomic E-state index is 13.0. The molecule has 5 rings (SSSR count). The van der Waals surface area contributed by atoms with Gasteiger partial charge in [0.05, 0.1) is 30.0 Å². The van der Waals surface area contributed by atoms with Gasteiger partial charge in [-0.05, 0) is 36.6 Å². The number of hydrogen-bond donors (Lipinski definition) is 0. The van der Waals surface area contributed by atoms with Gasteiger partial charge in [-0.15, -0.1) is 0 Å². The summed E-state index contributed by atoms with van der Waals surface area (Å²) in [5.74, 6) is -1.23. The van der Waals surface area contributed by atoms with Gasteiger partial charge in [-0.1, -0.05) is 6.08 Å². The topological polar surface area (TPSA) is 82.1 Å². The Labute approximate surface area is 143 Å². The van der Waals surface area contributed by atoms with Gasteiger partial charge in [0.1, 0.15) is 0 Å². The van der Waals surface area contributed by atoms with Crippen LogP contribution in [0.15, 0.2) is 18.2 Å². The first-order valence-corrected chi connectivity index (χ1v) is 8.30. The first kappa shape index (κ1) is 14.5. The Balaban J connectivity index is 1.68. The second kappa shape index (κ2) is 4.84. The number of hydrogen-bond acceptors (Lipinski definition) is 6. The van der Waals surface area contributed by atoms with Crippen molar-refractivity contribution in [3.8, 4) is 11.5 Å². The molecule has 7 nitrogen and oxygen atoms in total. The summed E-state index contributed by atoms with van der Waals surface area (Å²) in [6.07, 6.45) is 2.38. The Morgan fingerprint density at radius 3 is 2.68 bits per heavy atom. The van der Waals surface area contributed by atoms with Gasteiger partial charge in [0.15, 0.2) is 11.5 Å². The van der Waals surface area contributed by atoms with Gasteiger partial charge >= 0.3 is 5.97 Å². The zero-order valence-electron chi connectivity index (χ0n) is 13.5. The van der Waals surface area contributed by atoms with E-state index < -0.39 is 23.8 Å². The van der Waals surface area contributed by atoms with E-state index in [0.29, 0.717) is 29.0 Å². The highest BCUT2D eigenvalue weighted by Crippen LogP contribution is 2.51. The van der Waals surface area contributed by atoms with Crippen LogP contribution < -0.4 is 9.47 Å². The standard InChI is InChI=1S/C18H15NO6/c1-2-23-18(22)14-9-4-3-8-10-5-12-13(25-7-24-12)6-11(10)17(21)19(15(8)14)16(9)20/h3,5-6,9,14-15H,2,4,7H2,1H3/t9-,14-,15+/m0/s1. The van der Waals surface area contributed by atoms with Crippen molar-refractivity contribution in [2.45, 2.75) is 19.4 Å². The van der Waals surface area contributed by atoms with Crippen LogP contribution in [0.5, 0.6) is 11.5 Å². The predicted octanol–water partition coefficient (Wildman–Crippen LogP) is 1.36. The molecule has 1 aromatic carbocycles. The van der Waals surface area contributed by atoms with Crippen molar-refractivity contribution >= 4 is 23.4 Å². The van der Waals surface area contributed by atoms with Crippen molar-refractivity contribution in [1.82, 2.24) is 4.90 Å². The van der Waals surface area contributed by atoms with Crippen molar-refractivity contribution in [3.05, 3.63) is 29.3 Å². The van der Waals surface area contributed by atoms with Crippen molar-refractivity contribution < 1.29 is 28.6 Å². The molecule has 25 heavy (non-hydrogen) atoms. The molecule has 1 saturated heterocycles. The average molecular weight is 341 g/mol. The van der Waals surface area contributed by atoms with E-state index in [9.17, 15) is 14.4 Å². The number of benzene rings is 1. The fourth-order valence-corrected chi connectivity index (χ4v) is 4.32. The van der Waals surface area contributed by atoms with E-state index in [1.54, 1.807) is 19.1 Å². The molecule has 1 aliphatic carbocycles. The highest BCUT2D eigenvalue weighted by molar-refractivity contribution is 6.16. The smallest absolute Gasteiger partial charge is 0.312 e. The summed E-state index contributed by atoms with van der Waals surface area (Å²) in [4.78, 5) is 39.5. The third-order valence-electron chi connectivity index (χ3n) is 5.35. The Kier molecular flexibility index (Phi) is 2.81. The summed E-state index contributed by atoms with van der Waals surface area (Å²) in [6, 6.07) is 2.80. The molecule has 128 valence electrons. The highest BCUT2D eigenvalue weighted by Gasteiger charge is 2.59. The normalized spacial score (nSPS) is 28.0. The van der Waals surface area contributed by atoms with E-state index >= 15 is 0 Å². The molecule has 0 unspecified atom stereocenters. The van der Waals surface area contributed by atoms with Crippen LogP contribution in [-0.2, 0) is 14.3 Å². The molecular weight excluding hydrogens is 326 g/mol. The first-order valence-electron chi connectivity index (χ1n) is 8.30. The molecular formula is C18H15NO6. The van der Waals surface area contributed by atoms with Gasteiger partial charge in [0.25, 0.3) is 5.91 Å². The molecule has 3 atom stereocenters. The number of imide groups is 1. The molecule has 0 spiro atoms. The SMILES string of the molecule is CCOC(=O)[C@H]1[C@@H]2CC=C3c4cc5c(cc4C(=O)N(C2=O)[C@H]31)OCO5. The number of rotatable bonds is 2. The van der Waals surface area contributed by atoms with Crippen molar-refractivity contribution in [1.29, 1.82) is 0 Å². The Bertz CT molecular complexity index is 873. The van der Waals surface area contributed by atoms with Crippen LogP contribution in [0.1, 0.15) is 29.3 Å². The number of carbonyl (C=O) groups excluding carboxylic acids is 3. The lowest BCUT2D eigenvalue weighted by Crippen LogP contribution is -2.46. The zero-order valence-corrected chi connectivity index (χ0v) is 13.5.